The van der Waals surface area contributed by atoms with Crippen molar-refractivity contribution in [2.24, 2.45) is 5.73 Å². The van der Waals surface area contributed by atoms with Crippen LogP contribution in [0.5, 0.6) is 0 Å². The maximum atomic E-state index is 12.4. The smallest absolute Gasteiger partial charge is 0.199 e. The van der Waals surface area contributed by atoms with Gasteiger partial charge in [-0.3, -0.25) is 9.48 Å². The number of nitrogens with zero attached hydrogens (tertiary/aromatic N) is 3. The number of ether oxygens (including phenoxy) is 1. The third kappa shape index (κ3) is 4.86. The van der Waals surface area contributed by atoms with Crippen LogP contribution in [0.4, 0.5) is 0 Å². The summed E-state index contributed by atoms with van der Waals surface area (Å²) in [5, 5.41) is 4.50. The zero-order valence-corrected chi connectivity index (χ0v) is 13.1. The molecule has 0 aromatic carbocycles. The van der Waals surface area contributed by atoms with Gasteiger partial charge in [-0.15, -0.1) is 0 Å². The number of nitrogens with two attached hydrogens (primary N) is 1. The van der Waals surface area contributed by atoms with Crippen LogP contribution in [0, 0.1) is 0 Å². The van der Waals surface area contributed by atoms with E-state index in [9.17, 15) is 4.79 Å². The van der Waals surface area contributed by atoms with Crippen LogP contribution >= 0.6 is 11.6 Å². The summed E-state index contributed by atoms with van der Waals surface area (Å²) in [6.07, 6.45) is 2.81. The van der Waals surface area contributed by atoms with Crippen LogP contribution in [0.1, 0.15) is 23.3 Å². The van der Waals surface area contributed by atoms with Crippen LogP contribution in [-0.4, -0.2) is 60.9 Å². The Morgan fingerprint density at radius 1 is 1.60 bits per heavy atom. The van der Waals surface area contributed by atoms with Crippen molar-refractivity contribution in [2.45, 2.75) is 25.4 Å². The SMILES string of the molecule is COCCCC(N)C(=O)c1c(Cl)cnn1CCN(C)C. The molecule has 1 aromatic rings. The molecule has 6 nitrogen and oxygen atoms in total. The molecular weight excluding hydrogens is 280 g/mol. The average molecular weight is 303 g/mol. The van der Waals surface area contributed by atoms with Gasteiger partial charge >= 0.3 is 0 Å². The van der Waals surface area contributed by atoms with Crippen molar-refractivity contribution in [2.75, 3.05) is 34.4 Å². The molecule has 0 aliphatic carbocycles. The van der Waals surface area contributed by atoms with Crippen LogP contribution in [0.15, 0.2) is 6.20 Å². The molecule has 1 heterocycles. The monoisotopic (exact) mass is 302 g/mol. The molecule has 0 bridgehead atoms. The summed E-state index contributed by atoms with van der Waals surface area (Å²) in [5.74, 6) is -0.164. The second-order valence-corrected chi connectivity index (χ2v) is 5.38. The number of aromatic nitrogens is 2. The van der Waals surface area contributed by atoms with Crippen molar-refractivity contribution in [3.05, 3.63) is 16.9 Å². The number of methoxy groups -OCH3 is 1. The van der Waals surface area contributed by atoms with E-state index in [1.54, 1.807) is 11.8 Å². The molecule has 0 spiro atoms. The van der Waals surface area contributed by atoms with Gasteiger partial charge in [0.2, 0.25) is 0 Å². The van der Waals surface area contributed by atoms with E-state index in [0.29, 0.717) is 30.3 Å². The maximum Gasteiger partial charge on any atom is 0.199 e. The highest BCUT2D eigenvalue weighted by atomic mass is 35.5. The molecule has 0 saturated carbocycles. The van der Waals surface area contributed by atoms with E-state index in [4.69, 9.17) is 22.1 Å². The van der Waals surface area contributed by atoms with E-state index < -0.39 is 6.04 Å². The number of Topliss-reactive ketones (excluding diaryl/α,β-unsaturated/α-hetero) is 1. The van der Waals surface area contributed by atoms with Crippen LogP contribution in [0.25, 0.3) is 0 Å². The van der Waals surface area contributed by atoms with Crippen molar-refractivity contribution in [3.8, 4) is 0 Å². The van der Waals surface area contributed by atoms with Gasteiger partial charge in [0, 0.05) is 20.3 Å². The predicted octanol–water partition coefficient (Wildman–Crippen LogP) is 1.03. The Balaban J connectivity index is 2.73. The second-order valence-electron chi connectivity index (χ2n) is 4.97. The zero-order chi connectivity index (χ0) is 15.1. The third-order valence-electron chi connectivity index (χ3n) is 2.99. The van der Waals surface area contributed by atoms with Gasteiger partial charge in [0.05, 0.1) is 23.8 Å². The quantitative estimate of drug-likeness (QED) is 0.545. The highest BCUT2D eigenvalue weighted by molar-refractivity contribution is 6.33. The number of carbonyl (C=O) groups is 1. The first-order chi connectivity index (χ1) is 9.47. The first kappa shape index (κ1) is 17.1. The fourth-order valence-corrected chi connectivity index (χ4v) is 2.06. The van der Waals surface area contributed by atoms with Gasteiger partial charge in [-0.1, -0.05) is 11.6 Å². The lowest BCUT2D eigenvalue weighted by molar-refractivity contribution is 0.0939. The Morgan fingerprint density at radius 2 is 2.30 bits per heavy atom. The Morgan fingerprint density at radius 3 is 2.90 bits per heavy atom. The Hall–Kier alpha value is -0.950. The summed E-state index contributed by atoms with van der Waals surface area (Å²) in [7, 11) is 5.55. The lowest BCUT2D eigenvalue weighted by Gasteiger charge is -2.14. The summed E-state index contributed by atoms with van der Waals surface area (Å²) in [6, 6.07) is -0.572. The van der Waals surface area contributed by atoms with E-state index in [0.717, 1.165) is 13.0 Å². The van der Waals surface area contributed by atoms with Crippen LogP contribution in [0.3, 0.4) is 0 Å². The number of hydrogen-bond acceptors (Lipinski definition) is 5. The van der Waals surface area contributed by atoms with Gasteiger partial charge in [0.1, 0.15) is 5.69 Å². The molecule has 0 aliphatic rings. The molecule has 0 radical (unpaired) electrons. The fourth-order valence-electron chi connectivity index (χ4n) is 1.83. The van der Waals surface area contributed by atoms with Gasteiger partial charge in [-0.2, -0.15) is 5.10 Å². The number of halogens is 1. The first-order valence-corrected chi connectivity index (χ1v) is 7.00. The van der Waals surface area contributed by atoms with Crippen molar-refractivity contribution in [3.63, 3.8) is 0 Å². The molecule has 20 heavy (non-hydrogen) atoms. The van der Waals surface area contributed by atoms with Gasteiger partial charge < -0.3 is 15.4 Å². The molecule has 7 heteroatoms. The molecule has 0 aliphatic heterocycles. The molecule has 1 rings (SSSR count). The van der Waals surface area contributed by atoms with E-state index in [1.165, 1.54) is 6.20 Å². The maximum absolute atomic E-state index is 12.4. The highest BCUT2D eigenvalue weighted by Gasteiger charge is 2.23. The molecule has 1 atom stereocenters. The summed E-state index contributed by atoms with van der Waals surface area (Å²) >= 11 is 6.06. The van der Waals surface area contributed by atoms with Crippen molar-refractivity contribution < 1.29 is 9.53 Å². The highest BCUT2D eigenvalue weighted by Crippen LogP contribution is 2.18. The standard InChI is InChI=1S/C13H23ClN4O2/c1-17(2)6-7-18-12(10(14)9-16-18)13(19)11(15)5-4-8-20-3/h9,11H,4-8,15H2,1-3H3. The minimum absolute atomic E-state index is 0.164. The summed E-state index contributed by atoms with van der Waals surface area (Å²) in [5.41, 5.74) is 6.33. The molecule has 1 aromatic heterocycles. The van der Waals surface area contributed by atoms with Gasteiger partial charge in [0.25, 0.3) is 0 Å². The lowest BCUT2D eigenvalue weighted by atomic mass is 10.1. The van der Waals surface area contributed by atoms with Crippen molar-refractivity contribution in [1.29, 1.82) is 0 Å². The topological polar surface area (TPSA) is 73.4 Å². The number of hydrogen-bond donors (Lipinski definition) is 1. The summed E-state index contributed by atoms with van der Waals surface area (Å²) < 4.78 is 6.58. The van der Waals surface area contributed by atoms with E-state index in [-0.39, 0.29) is 5.78 Å². The molecule has 1 unspecified atom stereocenters. The minimum atomic E-state index is -0.572. The molecule has 0 saturated heterocycles. The van der Waals surface area contributed by atoms with Crippen LogP contribution in [-0.2, 0) is 11.3 Å². The van der Waals surface area contributed by atoms with Crippen molar-refractivity contribution in [1.82, 2.24) is 14.7 Å². The first-order valence-electron chi connectivity index (χ1n) is 6.62. The van der Waals surface area contributed by atoms with Crippen LogP contribution in [0.2, 0.25) is 5.02 Å². The number of rotatable bonds is 9. The normalized spacial score (nSPS) is 12.9. The number of carbonyl (C=O) groups excluding carboxylic acids is 1. The van der Waals surface area contributed by atoms with Crippen molar-refractivity contribution >= 4 is 17.4 Å². The van der Waals surface area contributed by atoms with Gasteiger partial charge in [-0.05, 0) is 26.9 Å². The van der Waals surface area contributed by atoms with Crippen LogP contribution < -0.4 is 5.73 Å². The summed E-state index contributed by atoms with van der Waals surface area (Å²) in [6.45, 7) is 1.97. The molecular formula is C13H23ClN4O2. The van der Waals surface area contributed by atoms with Gasteiger partial charge in [0.15, 0.2) is 5.78 Å². The largest absolute Gasteiger partial charge is 0.385 e. The molecule has 0 amide bonds. The average Bonchev–Trinajstić information content (AvgIpc) is 2.76. The minimum Gasteiger partial charge on any atom is -0.385 e. The Labute approximate surface area is 124 Å². The molecule has 114 valence electrons. The van der Waals surface area contributed by atoms with E-state index in [1.807, 2.05) is 19.0 Å². The Kier molecular flexibility index (Phi) is 7.15. The molecule has 0 fully saturated rings. The summed E-state index contributed by atoms with van der Waals surface area (Å²) in [4.78, 5) is 14.4. The zero-order valence-electron chi connectivity index (χ0n) is 12.3. The fraction of sp³-hybridized carbons (Fsp3) is 0.692. The van der Waals surface area contributed by atoms with E-state index in [2.05, 4.69) is 5.10 Å². The van der Waals surface area contributed by atoms with E-state index >= 15 is 0 Å². The molecule has 2 N–H and O–H groups in total. The van der Waals surface area contributed by atoms with Gasteiger partial charge in [-0.25, -0.2) is 0 Å². The Bertz CT molecular complexity index is 434. The third-order valence-corrected chi connectivity index (χ3v) is 3.26. The lowest BCUT2D eigenvalue weighted by Crippen LogP contribution is -2.33. The second kappa shape index (κ2) is 8.36. The number of ketones is 1. The number of likely N-dealkylation sites (N-methyl/N-ethyl adjacent to an activating group) is 1. The predicted molar refractivity (Wildman–Crippen MR) is 79.2 cm³/mol.